The molecule has 1 aliphatic rings. The highest BCUT2D eigenvalue weighted by Crippen LogP contribution is 2.36. The number of fused-ring (bicyclic) bond motifs is 2. The van der Waals surface area contributed by atoms with Gasteiger partial charge in [-0.2, -0.15) is 0 Å². The minimum Gasteiger partial charge on any atom is -0.382 e. The molecule has 9 heteroatoms. The third-order valence-corrected chi connectivity index (χ3v) is 6.94. The summed E-state index contributed by atoms with van der Waals surface area (Å²) in [7, 11) is 0. The summed E-state index contributed by atoms with van der Waals surface area (Å²) < 4.78 is 0.700. The van der Waals surface area contributed by atoms with E-state index in [0.717, 1.165) is 28.2 Å². The monoisotopic (exact) mass is 484 g/mol. The lowest BCUT2D eigenvalue weighted by atomic mass is 10.0. The van der Waals surface area contributed by atoms with Crippen LogP contribution in [0.15, 0.2) is 54.2 Å². The van der Waals surface area contributed by atoms with Crippen molar-refractivity contribution >= 4 is 62.2 Å². The van der Waals surface area contributed by atoms with Crippen molar-refractivity contribution < 1.29 is 9.59 Å². The average molecular weight is 485 g/mol. The van der Waals surface area contributed by atoms with Crippen LogP contribution in [0.3, 0.4) is 0 Å². The quantitative estimate of drug-likeness (QED) is 0.319. The Morgan fingerprint density at radius 1 is 1.14 bits per heavy atom. The van der Waals surface area contributed by atoms with Crippen molar-refractivity contribution in [1.29, 1.82) is 0 Å². The largest absolute Gasteiger partial charge is 0.382 e. The van der Waals surface area contributed by atoms with E-state index >= 15 is 0 Å². The molecule has 1 aliphatic heterocycles. The molecule has 4 aromatic rings. The fourth-order valence-corrected chi connectivity index (χ4v) is 4.97. The first-order valence-corrected chi connectivity index (χ1v) is 12.1. The van der Waals surface area contributed by atoms with Crippen molar-refractivity contribution in [1.82, 2.24) is 9.97 Å². The molecule has 0 radical (unpaired) electrons. The number of thiophene rings is 1. The number of amides is 1. The molecule has 0 unspecified atom stereocenters. The van der Waals surface area contributed by atoms with E-state index in [1.807, 2.05) is 67.4 Å². The molecule has 0 bridgehead atoms. The summed E-state index contributed by atoms with van der Waals surface area (Å²) >= 11 is 1.35. The smallest absolute Gasteiger partial charge is 0.258 e. The third-order valence-electron chi connectivity index (χ3n) is 5.95. The topological polar surface area (TPSA) is 113 Å². The zero-order chi connectivity index (χ0) is 24.5. The maximum absolute atomic E-state index is 13.2. The third kappa shape index (κ3) is 4.22. The molecule has 3 heterocycles. The minimum atomic E-state index is -0.250. The molecule has 2 aromatic heterocycles. The summed E-state index contributed by atoms with van der Waals surface area (Å²) in [5.74, 6) is 0.232. The number of nitrogens with two attached hydrogens (primary N) is 1. The van der Waals surface area contributed by atoms with Crippen LogP contribution in [-0.2, 0) is 0 Å². The lowest BCUT2D eigenvalue weighted by Crippen LogP contribution is -2.32. The number of carbonyl (C=O) groups is 2. The number of nitrogens with zero attached hydrogens (tertiary/aromatic N) is 3. The lowest BCUT2D eigenvalue weighted by molar-refractivity contribution is 0.0986. The molecular formula is C26H24N6O2S. The number of carbonyl (C=O) groups excluding carboxylic acids is 2. The molecule has 0 aliphatic carbocycles. The fraction of sp³-hybridized carbons (Fsp3) is 0.154. The molecule has 0 spiro atoms. The van der Waals surface area contributed by atoms with Gasteiger partial charge in [0.15, 0.2) is 5.78 Å². The molecule has 1 amide bonds. The number of nitrogens with one attached hydrogen (secondary N) is 2. The van der Waals surface area contributed by atoms with Crippen molar-refractivity contribution in [2.75, 3.05) is 28.0 Å². The predicted molar refractivity (Wildman–Crippen MR) is 142 cm³/mol. The molecular weight excluding hydrogens is 460 g/mol. The number of Topliss-reactive ketones (excluding diaryl/α,β-unsaturated/α-hetero) is 1. The molecule has 35 heavy (non-hydrogen) atoms. The van der Waals surface area contributed by atoms with Crippen LogP contribution in [0.25, 0.3) is 16.3 Å². The first-order chi connectivity index (χ1) is 17.0. The maximum Gasteiger partial charge on any atom is 0.258 e. The van der Waals surface area contributed by atoms with Gasteiger partial charge in [0.1, 0.15) is 12.1 Å². The van der Waals surface area contributed by atoms with Gasteiger partial charge in [-0.3, -0.25) is 20.0 Å². The second kappa shape index (κ2) is 9.19. The summed E-state index contributed by atoms with van der Waals surface area (Å²) in [6.07, 6.45) is 5.90. The number of rotatable bonds is 6. The summed E-state index contributed by atoms with van der Waals surface area (Å²) in [6.45, 7) is 4.46. The highest BCUT2D eigenvalue weighted by molar-refractivity contribution is 7.18. The number of hydrazine groups is 1. The second-order valence-corrected chi connectivity index (χ2v) is 9.09. The Bertz CT molecular complexity index is 1480. The number of benzene rings is 2. The number of anilines is 4. The van der Waals surface area contributed by atoms with Crippen LogP contribution in [0, 0.1) is 6.92 Å². The van der Waals surface area contributed by atoms with E-state index in [-0.39, 0.29) is 11.7 Å². The number of hydrogen-bond acceptors (Lipinski definition) is 8. The van der Waals surface area contributed by atoms with Crippen molar-refractivity contribution in [2.45, 2.75) is 20.3 Å². The Labute approximate surface area is 206 Å². The van der Waals surface area contributed by atoms with E-state index in [1.165, 1.54) is 17.7 Å². The first-order valence-electron chi connectivity index (χ1n) is 11.2. The number of nitrogen functional groups attached to an aromatic ring is 1. The molecule has 0 saturated carbocycles. The fourth-order valence-electron chi connectivity index (χ4n) is 4.07. The van der Waals surface area contributed by atoms with Crippen LogP contribution in [0.1, 0.15) is 45.2 Å². The Morgan fingerprint density at radius 3 is 2.71 bits per heavy atom. The zero-order valence-electron chi connectivity index (χ0n) is 19.3. The Kier molecular flexibility index (Phi) is 5.92. The van der Waals surface area contributed by atoms with E-state index in [2.05, 4.69) is 20.7 Å². The lowest BCUT2D eigenvalue weighted by Gasteiger charge is -2.31. The van der Waals surface area contributed by atoms with Gasteiger partial charge in [-0.15, -0.1) is 11.3 Å². The van der Waals surface area contributed by atoms with Crippen LogP contribution in [0.4, 0.5) is 22.9 Å². The van der Waals surface area contributed by atoms with Crippen molar-refractivity contribution in [3.05, 3.63) is 76.4 Å². The molecule has 8 nitrogen and oxygen atoms in total. The van der Waals surface area contributed by atoms with E-state index < -0.39 is 0 Å². The van der Waals surface area contributed by atoms with Crippen molar-refractivity contribution in [2.24, 2.45) is 0 Å². The van der Waals surface area contributed by atoms with Gasteiger partial charge in [0.2, 0.25) is 0 Å². The summed E-state index contributed by atoms with van der Waals surface area (Å²) in [4.78, 5) is 33.4. The Hall–Kier alpha value is -4.24. The molecule has 176 valence electrons. The van der Waals surface area contributed by atoms with Crippen LogP contribution in [0.5, 0.6) is 0 Å². The van der Waals surface area contributed by atoms with Gasteiger partial charge in [-0.05, 0) is 42.8 Å². The molecule has 2 aromatic carbocycles. The minimum absolute atomic E-state index is 0.117. The van der Waals surface area contributed by atoms with Crippen LogP contribution < -0.4 is 21.5 Å². The van der Waals surface area contributed by atoms with Gasteiger partial charge in [-0.1, -0.05) is 25.1 Å². The predicted octanol–water partition coefficient (Wildman–Crippen LogP) is 5.29. The number of ketones is 1. The van der Waals surface area contributed by atoms with Gasteiger partial charge in [0, 0.05) is 22.9 Å². The number of hydrogen-bond donors (Lipinski definition) is 3. The van der Waals surface area contributed by atoms with Gasteiger partial charge in [0.25, 0.3) is 5.91 Å². The van der Waals surface area contributed by atoms with Crippen LogP contribution in [0.2, 0.25) is 0 Å². The van der Waals surface area contributed by atoms with Gasteiger partial charge in [0.05, 0.1) is 39.4 Å². The first kappa shape index (κ1) is 22.5. The second-order valence-electron chi connectivity index (χ2n) is 8.21. The van der Waals surface area contributed by atoms with Crippen molar-refractivity contribution in [3.8, 4) is 0 Å². The molecule has 0 fully saturated rings. The Morgan fingerprint density at radius 2 is 1.94 bits per heavy atom. The van der Waals surface area contributed by atoms with Crippen LogP contribution in [-0.4, -0.2) is 28.2 Å². The SMILES string of the molecule is CCC(=O)c1ccc(NN2CC=Cc3c2ccc(C)c3NC(=O)c2csc3c(N)ncnc23)cc1. The summed E-state index contributed by atoms with van der Waals surface area (Å²) in [5.41, 5.74) is 15.4. The summed E-state index contributed by atoms with van der Waals surface area (Å²) in [6, 6.07) is 11.5. The maximum atomic E-state index is 13.2. The molecule has 0 saturated heterocycles. The highest BCUT2D eigenvalue weighted by atomic mass is 32.1. The van der Waals surface area contributed by atoms with Gasteiger partial charge >= 0.3 is 0 Å². The van der Waals surface area contributed by atoms with Crippen molar-refractivity contribution in [3.63, 3.8) is 0 Å². The van der Waals surface area contributed by atoms with Gasteiger partial charge < -0.3 is 11.1 Å². The zero-order valence-corrected chi connectivity index (χ0v) is 20.1. The van der Waals surface area contributed by atoms with E-state index in [4.69, 9.17) is 5.73 Å². The number of aromatic nitrogens is 2. The molecule has 5 rings (SSSR count). The normalized spacial score (nSPS) is 12.5. The standard InChI is InChI=1S/C26H24N6O2S/c1-3-21(33)16-7-9-17(10-8-16)31-32-12-4-5-18-20(32)11-6-15(2)22(18)30-26(34)19-13-35-24-23(19)28-14-29-25(24)27/h4-11,13-14,31H,3,12H2,1-2H3,(H,30,34)(H2,27,28,29). The highest BCUT2D eigenvalue weighted by Gasteiger charge is 2.22. The number of aryl methyl sites for hydroxylation is 1. The van der Waals surface area contributed by atoms with E-state index in [9.17, 15) is 9.59 Å². The van der Waals surface area contributed by atoms with Gasteiger partial charge in [-0.25, -0.2) is 9.97 Å². The van der Waals surface area contributed by atoms with E-state index in [1.54, 1.807) is 5.38 Å². The van der Waals surface area contributed by atoms with E-state index in [0.29, 0.717) is 40.1 Å². The van der Waals surface area contributed by atoms with Crippen LogP contribution >= 0.6 is 11.3 Å². The molecule has 4 N–H and O–H groups in total. The average Bonchev–Trinajstić information content (AvgIpc) is 3.31. The molecule has 0 atom stereocenters. The Balaban J connectivity index is 1.43. The summed E-state index contributed by atoms with van der Waals surface area (Å²) in [5, 5.41) is 6.85.